The molecule has 0 aliphatic carbocycles. The van der Waals surface area contributed by atoms with Crippen LogP contribution in [0.3, 0.4) is 0 Å². The van der Waals surface area contributed by atoms with E-state index in [1.807, 2.05) is 0 Å². The minimum atomic E-state index is -2.60. The summed E-state index contributed by atoms with van der Waals surface area (Å²) in [7, 11) is 0. The lowest BCUT2D eigenvalue weighted by atomic mass is 10.0. The van der Waals surface area contributed by atoms with Crippen LogP contribution in [0, 0.1) is 6.92 Å². The largest absolute Gasteiger partial charge is 0.472 e. The van der Waals surface area contributed by atoms with Crippen LogP contribution in [-0.2, 0) is 5.60 Å². The van der Waals surface area contributed by atoms with Crippen molar-refractivity contribution in [2.75, 3.05) is 13.2 Å². The van der Waals surface area contributed by atoms with Gasteiger partial charge in [-0.05, 0) is 32.0 Å². The maximum Gasteiger partial charge on any atom is 0.272 e. The molecule has 6 nitrogen and oxygen atoms in total. The smallest absolute Gasteiger partial charge is 0.272 e. The van der Waals surface area contributed by atoms with Crippen LogP contribution in [0.4, 0.5) is 8.78 Å². The molecular formula is C16H18F2N2O4. The number of ether oxygens (including phenoxy) is 1. The summed E-state index contributed by atoms with van der Waals surface area (Å²) >= 11 is 0. The molecule has 24 heavy (non-hydrogen) atoms. The summed E-state index contributed by atoms with van der Waals surface area (Å²) in [6.07, 6.45) is -1.38. The number of amides is 1. The fourth-order valence-electron chi connectivity index (χ4n) is 1.91. The third kappa shape index (κ3) is 4.76. The third-order valence-corrected chi connectivity index (χ3v) is 3.22. The average molecular weight is 340 g/mol. The predicted molar refractivity (Wildman–Crippen MR) is 81.1 cm³/mol. The molecule has 0 aromatic carbocycles. The van der Waals surface area contributed by atoms with Gasteiger partial charge in [-0.1, -0.05) is 0 Å². The van der Waals surface area contributed by atoms with Gasteiger partial charge in [0.05, 0.1) is 12.1 Å². The molecule has 1 amide bonds. The fraction of sp³-hybridized carbons (Fsp3) is 0.375. The van der Waals surface area contributed by atoms with Crippen LogP contribution < -0.4 is 10.1 Å². The molecule has 1 unspecified atom stereocenters. The first-order valence-corrected chi connectivity index (χ1v) is 7.22. The number of hydrogen-bond acceptors (Lipinski definition) is 5. The van der Waals surface area contributed by atoms with Gasteiger partial charge in [0.15, 0.2) is 6.61 Å². The highest BCUT2D eigenvalue weighted by Gasteiger charge is 2.27. The minimum Gasteiger partial charge on any atom is -0.472 e. The first-order chi connectivity index (χ1) is 11.3. The zero-order chi connectivity index (χ0) is 17.7. The summed E-state index contributed by atoms with van der Waals surface area (Å²) in [5.41, 5.74) is -1.15. The van der Waals surface area contributed by atoms with Crippen LogP contribution in [0.1, 0.15) is 28.8 Å². The Kier molecular flexibility index (Phi) is 5.50. The zero-order valence-electron chi connectivity index (χ0n) is 13.3. The van der Waals surface area contributed by atoms with Gasteiger partial charge in [0.2, 0.25) is 5.88 Å². The van der Waals surface area contributed by atoms with E-state index in [9.17, 15) is 18.7 Å². The Labute approximate surface area is 137 Å². The van der Waals surface area contributed by atoms with Crippen molar-refractivity contribution in [1.82, 2.24) is 10.3 Å². The van der Waals surface area contributed by atoms with Crippen molar-refractivity contribution in [3.63, 3.8) is 0 Å². The van der Waals surface area contributed by atoms with Crippen LogP contribution in [0.25, 0.3) is 0 Å². The molecule has 0 spiro atoms. The summed E-state index contributed by atoms with van der Waals surface area (Å²) in [5, 5.41) is 12.9. The molecule has 2 heterocycles. The lowest BCUT2D eigenvalue weighted by Crippen LogP contribution is -2.38. The summed E-state index contributed by atoms with van der Waals surface area (Å²) in [6, 6.07) is 6.08. The third-order valence-electron chi connectivity index (χ3n) is 3.22. The Morgan fingerprint density at radius 2 is 2.17 bits per heavy atom. The second kappa shape index (κ2) is 7.39. The van der Waals surface area contributed by atoms with E-state index >= 15 is 0 Å². The number of nitrogens with zero attached hydrogens (tertiary/aromatic N) is 1. The quantitative estimate of drug-likeness (QED) is 0.808. The van der Waals surface area contributed by atoms with Gasteiger partial charge in [0, 0.05) is 12.3 Å². The highest BCUT2D eigenvalue weighted by Crippen LogP contribution is 2.22. The number of aliphatic hydroxyl groups is 1. The standard InChI is InChI=1S/C16H18F2N2O4/c1-10-3-5-12(24-10)16(2,22)9-20-15(21)11-4-6-14(19-7-11)23-8-13(17)18/h3-7,13,22H,8-9H2,1-2H3,(H,20,21). The molecule has 0 aliphatic rings. The number of aromatic nitrogens is 1. The molecular weight excluding hydrogens is 322 g/mol. The van der Waals surface area contributed by atoms with Gasteiger partial charge in [-0.25, -0.2) is 13.8 Å². The van der Waals surface area contributed by atoms with E-state index in [-0.39, 0.29) is 18.0 Å². The summed E-state index contributed by atoms with van der Waals surface area (Å²) in [5.74, 6) is 0.533. The normalized spacial score (nSPS) is 13.6. The van der Waals surface area contributed by atoms with Gasteiger partial charge in [-0.15, -0.1) is 0 Å². The summed E-state index contributed by atoms with van der Waals surface area (Å²) in [6.45, 7) is 2.44. The number of carbonyl (C=O) groups excluding carboxylic acids is 1. The first-order valence-electron chi connectivity index (χ1n) is 7.22. The number of nitrogens with one attached hydrogen (secondary N) is 1. The van der Waals surface area contributed by atoms with E-state index in [0.717, 1.165) is 0 Å². The highest BCUT2D eigenvalue weighted by molar-refractivity contribution is 5.93. The molecule has 2 rings (SSSR count). The van der Waals surface area contributed by atoms with Gasteiger partial charge in [-0.3, -0.25) is 4.79 Å². The zero-order valence-corrected chi connectivity index (χ0v) is 13.3. The number of rotatable bonds is 7. The van der Waals surface area contributed by atoms with Crippen molar-refractivity contribution in [2.24, 2.45) is 0 Å². The van der Waals surface area contributed by atoms with Crippen LogP contribution >= 0.6 is 0 Å². The molecule has 2 aromatic rings. The van der Waals surface area contributed by atoms with Crippen molar-refractivity contribution in [1.29, 1.82) is 0 Å². The number of furan rings is 1. The molecule has 2 aromatic heterocycles. The molecule has 0 saturated carbocycles. The fourth-order valence-corrected chi connectivity index (χ4v) is 1.91. The monoisotopic (exact) mass is 340 g/mol. The molecule has 0 saturated heterocycles. The molecule has 0 radical (unpaired) electrons. The molecule has 0 bridgehead atoms. The summed E-state index contributed by atoms with van der Waals surface area (Å²) < 4.78 is 34.2. The van der Waals surface area contributed by atoms with Crippen LogP contribution in [0.15, 0.2) is 34.9 Å². The van der Waals surface area contributed by atoms with Crippen LogP contribution in [0.5, 0.6) is 5.88 Å². The Hall–Kier alpha value is -2.48. The molecule has 0 fully saturated rings. The summed E-state index contributed by atoms with van der Waals surface area (Å²) in [4.78, 5) is 15.8. The van der Waals surface area contributed by atoms with Crippen molar-refractivity contribution in [2.45, 2.75) is 25.9 Å². The van der Waals surface area contributed by atoms with Gasteiger partial charge in [0.25, 0.3) is 12.3 Å². The number of alkyl halides is 2. The number of halogens is 2. The maximum absolute atomic E-state index is 12.1. The van der Waals surface area contributed by atoms with E-state index in [2.05, 4.69) is 10.3 Å². The van der Waals surface area contributed by atoms with E-state index in [1.165, 1.54) is 25.3 Å². The Morgan fingerprint density at radius 3 is 2.71 bits per heavy atom. The molecule has 2 N–H and O–H groups in total. The Bertz CT molecular complexity index is 684. The highest BCUT2D eigenvalue weighted by atomic mass is 19.3. The van der Waals surface area contributed by atoms with Crippen molar-refractivity contribution >= 4 is 5.91 Å². The van der Waals surface area contributed by atoms with E-state index in [4.69, 9.17) is 9.15 Å². The second-order valence-electron chi connectivity index (χ2n) is 5.45. The SMILES string of the molecule is Cc1ccc(C(C)(O)CNC(=O)c2ccc(OCC(F)F)nc2)o1. The Morgan fingerprint density at radius 1 is 1.42 bits per heavy atom. The van der Waals surface area contributed by atoms with E-state index in [0.29, 0.717) is 11.5 Å². The van der Waals surface area contributed by atoms with Crippen molar-refractivity contribution in [3.05, 3.63) is 47.5 Å². The number of aryl methyl sites for hydroxylation is 1. The molecule has 8 heteroatoms. The van der Waals surface area contributed by atoms with Gasteiger partial charge >= 0.3 is 0 Å². The number of hydrogen-bond donors (Lipinski definition) is 2. The molecule has 130 valence electrons. The Balaban J connectivity index is 1.92. The van der Waals surface area contributed by atoms with Gasteiger partial charge in [0.1, 0.15) is 17.1 Å². The van der Waals surface area contributed by atoms with Gasteiger partial charge in [-0.2, -0.15) is 0 Å². The van der Waals surface area contributed by atoms with Crippen LogP contribution in [-0.4, -0.2) is 35.6 Å². The van der Waals surface area contributed by atoms with Crippen molar-refractivity contribution in [3.8, 4) is 5.88 Å². The molecule has 0 aliphatic heterocycles. The van der Waals surface area contributed by atoms with Gasteiger partial charge < -0.3 is 19.6 Å². The average Bonchev–Trinajstić information content (AvgIpc) is 2.98. The predicted octanol–water partition coefficient (Wildman–Crippen LogP) is 2.26. The van der Waals surface area contributed by atoms with Crippen molar-refractivity contribution < 1.29 is 27.8 Å². The first kappa shape index (κ1) is 17.9. The minimum absolute atomic E-state index is 0.00454. The number of pyridine rings is 1. The lowest BCUT2D eigenvalue weighted by Gasteiger charge is -2.21. The van der Waals surface area contributed by atoms with E-state index < -0.39 is 24.5 Å². The van der Waals surface area contributed by atoms with E-state index in [1.54, 1.807) is 19.1 Å². The number of carbonyl (C=O) groups is 1. The second-order valence-corrected chi connectivity index (χ2v) is 5.45. The lowest BCUT2D eigenvalue weighted by molar-refractivity contribution is 0.0323. The topological polar surface area (TPSA) is 84.6 Å². The molecule has 1 atom stereocenters. The van der Waals surface area contributed by atoms with Crippen LogP contribution in [0.2, 0.25) is 0 Å². The maximum atomic E-state index is 12.1.